The maximum atomic E-state index is 12.7. The molecule has 0 amide bonds. The van der Waals surface area contributed by atoms with E-state index in [1.54, 1.807) is 48.5 Å². The summed E-state index contributed by atoms with van der Waals surface area (Å²) in [5.74, 6) is -0.0267. The van der Waals surface area contributed by atoms with Crippen molar-refractivity contribution < 1.29 is 23.6 Å². The number of carbonyl (C=O) groups excluding carboxylic acids is 1. The summed E-state index contributed by atoms with van der Waals surface area (Å²) >= 11 is -1.48. The molecule has 0 spiro atoms. The summed E-state index contributed by atoms with van der Waals surface area (Å²) in [4.78, 5) is 20.9. The molecule has 0 bridgehead atoms. The summed E-state index contributed by atoms with van der Waals surface area (Å²) < 4.78 is 28.4. The van der Waals surface area contributed by atoms with Gasteiger partial charge < -0.3 is 18.8 Å². The lowest BCUT2D eigenvalue weighted by Crippen LogP contribution is -2.07. The van der Waals surface area contributed by atoms with Crippen molar-refractivity contribution in [1.29, 1.82) is 0 Å². The molecule has 1 heterocycles. The second kappa shape index (κ2) is 9.72. The Bertz CT molecular complexity index is 1010. The van der Waals surface area contributed by atoms with Crippen LogP contribution in [0.15, 0.2) is 83.2 Å². The Kier molecular flexibility index (Phi) is 6.83. The third kappa shape index (κ3) is 4.92. The highest BCUT2D eigenvalue weighted by molar-refractivity contribution is 7.91. The Morgan fingerprint density at radius 3 is 2.48 bits per heavy atom. The summed E-state index contributed by atoms with van der Waals surface area (Å²) in [6, 6.07) is 17.3. The van der Waals surface area contributed by atoms with Crippen LogP contribution in [0.25, 0.3) is 5.57 Å². The molecular formula is C21H18N2O5S. The van der Waals surface area contributed by atoms with Crippen LogP contribution in [0.5, 0.6) is 11.6 Å². The molecule has 0 saturated heterocycles. The van der Waals surface area contributed by atoms with Crippen LogP contribution in [0.2, 0.25) is 0 Å². The van der Waals surface area contributed by atoms with E-state index in [9.17, 15) is 9.35 Å². The van der Waals surface area contributed by atoms with Crippen molar-refractivity contribution in [1.82, 2.24) is 9.97 Å². The van der Waals surface area contributed by atoms with Crippen LogP contribution in [-0.2, 0) is 25.4 Å². The zero-order valence-corrected chi connectivity index (χ0v) is 16.6. The lowest BCUT2D eigenvalue weighted by atomic mass is 10.1. The highest BCUT2D eigenvalue weighted by Crippen LogP contribution is 2.31. The number of methoxy groups -OCH3 is 2. The van der Waals surface area contributed by atoms with Crippen molar-refractivity contribution in [3.63, 3.8) is 0 Å². The molecule has 1 unspecified atom stereocenters. The van der Waals surface area contributed by atoms with Crippen molar-refractivity contribution in [2.24, 2.45) is 0 Å². The molecule has 0 aliphatic heterocycles. The quantitative estimate of drug-likeness (QED) is 0.193. The van der Waals surface area contributed by atoms with Gasteiger partial charge in [0, 0.05) is 16.7 Å². The number of para-hydroxylation sites is 1. The normalized spacial score (nSPS) is 12.2. The van der Waals surface area contributed by atoms with Crippen LogP contribution in [-0.4, -0.2) is 34.7 Å². The molecule has 29 heavy (non-hydrogen) atoms. The molecule has 0 fully saturated rings. The Balaban J connectivity index is 1.92. The van der Waals surface area contributed by atoms with E-state index in [2.05, 4.69) is 9.97 Å². The number of carbonyl (C=O) groups is 1. The third-order valence-electron chi connectivity index (χ3n) is 3.80. The summed E-state index contributed by atoms with van der Waals surface area (Å²) in [5.41, 5.74) is 0.651. The highest BCUT2D eigenvalue weighted by Gasteiger charge is 2.20. The Morgan fingerprint density at radius 1 is 1.03 bits per heavy atom. The van der Waals surface area contributed by atoms with Gasteiger partial charge in [-0.3, -0.25) is 0 Å². The Hall–Kier alpha value is -3.36. The lowest BCUT2D eigenvalue weighted by molar-refractivity contribution is -0.133. The monoisotopic (exact) mass is 410 g/mol. The number of esters is 1. The number of aromatic nitrogens is 2. The summed E-state index contributed by atoms with van der Waals surface area (Å²) in [7, 11) is 2.72. The van der Waals surface area contributed by atoms with E-state index in [0.717, 1.165) is 0 Å². The van der Waals surface area contributed by atoms with E-state index in [1.165, 1.54) is 32.9 Å². The minimum atomic E-state index is -1.48. The van der Waals surface area contributed by atoms with Gasteiger partial charge in [-0.15, -0.1) is 0 Å². The molecule has 2 aromatic carbocycles. The van der Waals surface area contributed by atoms with E-state index in [1.807, 2.05) is 6.07 Å². The average Bonchev–Trinajstić information content (AvgIpc) is 2.78. The minimum absolute atomic E-state index is 0.188. The van der Waals surface area contributed by atoms with Crippen molar-refractivity contribution in [3.8, 4) is 11.6 Å². The molecule has 0 radical (unpaired) electrons. The number of hydrogen-bond acceptors (Lipinski definition) is 7. The predicted octanol–water partition coefficient (Wildman–Crippen LogP) is 3.60. The van der Waals surface area contributed by atoms with Gasteiger partial charge in [-0.05, 0) is 18.2 Å². The topological polar surface area (TPSA) is 93.6 Å². The van der Waals surface area contributed by atoms with Gasteiger partial charge in [0.15, 0.2) is 4.90 Å². The van der Waals surface area contributed by atoms with Gasteiger partial charge in [0.2, 0.25) is 5.88 Å². The largest absolute Gasteiger partial charge is 0.605 e. The minimum Gasteiger partial charge on any atom is -0.605 e. The van der Waals surface area contributed by atoms with Crippen LogP contribution in [0.1, 0.15) is 5.56 Å². The molecule has 1 atom stereocenters. The van der Waals surface area contributed by atoms with E-state index in [-0.39, 0.29) is 11.5 Å². The van der Waals surface area contributed by atoms with Crippen molar-refractivity contribution in [3.05, 3.63) is 78.8 Å². The fraction of sp³-hybridized carbons (Fsp3) is 0.0952. The predicted molar refractivity (Wildman–Crippen MR) is 107 cm³/mol. The van der Waals surface area contributed by atoms with Crippen LogP contribution in [0, 0.1) is 0 Å². The molecule has 7 nitrogen and oxygen atoms in total. The number of nitrogens with zero attached hydrogens (tertiary/aromatic N) is 2. The molecule has 1 aromatic heterocycles. The zero-order valence-electron chi connectivity index (χ0n) is 15.8. The van der Waals surface area contributed by atoms with Crippen molar-refractivity contribution in [2.45, 2.75) is 9.92 Å². The van der Waals surface area contributed by atoms with Gasteiger partial charge in [0.1, 0.15) is 17.6 Å². The van der Waals surface area contributed by atoms with Crippen molar-refractivity contribution in [2.75, 3.05) is 14.2 Å². The molecule has 3 rings (SSSR count). The maximum absolute atomic E-state index is 12.7. The second-order valence-corrected chi connectivity index (χ2v) is 7.06. The van der Waals surface area contributed by atoms with E-state index in [0.29, 0.717) is 21.2 Å². The Morgan fingerprint density at radius 2 is 1.76 bits per heavy atom. The summed E-state index contributed by atoms with van der Waals surface area (Å²) in [6.45, 7) is 0. The number of rotatable bonds is 7. The summed E-state index contributed by atoms with van der Waals surface area (Å²) in [5, 5.41) is 0.305. The van der Waals surface area contributed by atoms with E-state index in [4.69, 9.17) is 14.2 Å². The summed E-state index contributed by atoms with van der Waals surface area (Å²) in [6.07, 6.45) is 2.56. The van der Waals surface area contributed by atoms with E-state index >= 15 is 0 Å². The van der Waals surface area contributed by atoms with Crippen LogP contribution in [0.4, 0.5) is 0 Å². The molecule has 0 aliphatic carbocycles. The molecule has 148 valence electrons. The number of hydrogen-bond donors (Lipinski definition) is 0. The maximum Gasteiger partial charge on any atom is 0.341 e. The van der Waals surface area contributed by atoms with Gasteiger partial charge in [-0.25, -0.2) is 9.78 Å². The zero-order chi connectivity index (χ0) is 20.6. The first kappa shape index (κ1) is 20.4. The fourth-order valence-electron chi connectivity index (χ4n) is 2.49. The number of ether oxygens (including phenoxy) is 3. The molecular weight excluding hydrogens is 392 g/mol. The highest BCUT2D eigenvalue weighted by atomic mass is 32.2. The van der Waals surface area contributed by atoms with Gasteiger partial charge in [0.05, 0.1) is 26.5 Å². The molecule has 0 N–H and O–H groups in total. The van der Waals surface area contributed by atoms with Crippen LogP contribution >= 0.6 is 0 Å². The van der Waals surface area contributed by atoms with Gasteiger partial charge >= 0.3 is 5.97 Å². The molecule has 0 aliphatic rings. The molecule has 8 heteroatoms. The standard InChI is InChI=1S/C21H18N2O5S/c1-26-13-17(21(24)27-2)16-10-6-7-11-18(16)28-19-12-20(23-14-22-19)29(25)15-8-4-3-5-9-15/h3-14H,1-2H3. The first-order valence-electron chi connectivity index (χ1n) is 8.51. The molecule has 0 saturated carbocycles. The number of benzene rings is 2. The smallest absolute Gasteiger partial charge is 0.341 e. The van der Waals surface area contributed by atoms with Gasteiger partial charge in [-0.2, -0.15) is 4.98 Å². The molecule has 3 aromatic rings. The Labute approximate surface area is 171 Å². The van der Waals surface area contributed by atoms with Crippen LogP contribution in [0.3, 0.4) is 0 Å². The lowest BCUT2D eigenvalue weighted by Gasteiger charge is -2.13. The third-order valence-corrected chi connectivity index (χ3v) is 5.10. The second-order valence-electron chi connectivity index (χ2n) is 5.63. The van der Waals surface area contributed by atoms with Crippen LogP contribution < -0.4 is 4.74 Å². The van der Waals surface area contributed by atoms with Crippen molar-refractivity contribution >= 4 is 22.7 Å². The van der Waals surface area contributed by atoms with Gasteiger partial charge in [-0.1, -0.05) is 36.4 Å². The van der Waals surface area contributed by atoms with Gasteiger partial charge in [0.25, 0.3) is 5.03 Å². The first-order valence-corrected chi connectivity index (χ1v) is 9.66. The average molecular weight is 410 g/mol. The first-order chi connectivity index (χ1) is 14.1. The SMILES string of the molecule is COC=C(C(=O)OC)c1ccccc1Oc1cc([S+]([O-])c2ccccc2)ncn1. The fourth-order valence-corrected chi connectivity index (χ4v) is 3.48. The van der Waals surface area contributed by atoms with E-state index < -0.39 is 17.1 Å².